The highest BCUT2D eigenvalue weighted by molar-refractivity contribution is 9.10. The summed E-state index contributed by atoms with van der Waals surface area (Å²) in [5, 5.41) is 6.41. The van der Waals surface area contributed by atoms with Crippen LogP contribution in [0.3, 0.4) is 0 Å². The lowest BCUT2D eigenvalue weighted by atomic mass is 9.75. The van der Waals surface area contributed by atoms with E-state index < -0.39 is 0 Å². The smallest absolute Gasteiger partial charge is 0.254 e. The van der Waals surface area contributed by atoms with Crippen LogP contribution in [0.5, 0.6) is 0 Å². The topological polar surface area (TPSA) is 58.2 Å². The largest absolute Gasteiger partial charge is 0.362 e. The number of amides is 1. The van der Waals surface area contributed by atoms with Crippen LogP contribution in [0.2, 0.25) is 0 Å². The monoisotopic (exact) mass is 450 g/mol. The van der Waals surface area contributed by atoms with Crippen molar-refractivity contribution in [3.8, 4) is 0 Å². The highest BCUT2D eigenvalue weighted by Crippen LogP contribution is 2.42. The molecule has 2 N–H and O–H groups in total. The molecule has 5 heteroatoms. The Bertz CT molecular complexity index is 1050. The zero-order valence-corrected chi connectivity index (χ0v) is 18.1. The molecule has 2 aromatic rings. The van der Waals surface area contributed by atoms with E-state index in [4.69, 9.17) is 0 Å². The van der Waals surface area contributed by atoms with Gasteiger partial charge in [0, 0.05) is 45.0 Å². The standard InChI is InChI=1S/C24H23BrN2O2/c1-14-6-3-4-7-18(14)27-24(29)21-15(2)26-19-8-5-9-20(28)23(19)22(21)16-10-12-17(25)13-11-16/h3-4,6-7,10-13,22,26H,5,8-9H2,1-2H3,(H,27,29)/t22-/m0/s1. The normalized spacial score (nSPS) is 19.0. The molecule has 148 valence electrons. The van der Waals surface area contributed by atoms with Crippen molar-refractivity contribution in [2.24, 2.45) is 0 Å². The summed E-state index contributed by atoms with van der Waals surface area (Å²) in [5.41, 5.74) is 5.82. The van der Waals surface area contributed by atoms with Crippen LogP contribution in [-0.2, 0) is 9.59 Å². The van der Waals surface area contributed by atoms with Crippen LogP contribution < -0.4 is 10.6 Å². The van der Waals surface area contributed by atoms with Gasteiger partial charge in [-0.25, -0.2) is 0 Å². The van der Waals surface area contributed by atoms with Crippen LogP contribution in [0, 0.1) is 6.92 Å². The van der Waals surface area contributed by atoms with Crippen LogP contribution in [0.4, 0.5) is 5.69 Å². The first kappa shape index (κ1) is 19.6. The van der Waals surface area contributed by atoms with Crippen LogP contribution >= 0.6 is 15.9 Å². The minimum Gasteiger partial charge on any atom is -0.362 e. The zero-order valence-electron chi connectivity index (χ0n) is 16.5. The van der Waals surface area contributed by atoms with Crippen LogP contribution in [0.25, 0.3) is 0 Å². The molecule has 1 aliphatic heterocycles. The molecule has 2 aliphatic rings. The summed E-state index contributed by atoms with van der Waals surface area (Å²) in [4.78, 5) is 26.3. The van der Waals surface area contributed by atoms with Gasteiger partial charge in [-0.2, -0.15) is 0 Å². The van der Waals surface area contributed by atoms with Gasteiger partial charge in [0.15, 0.2) is 5.78 Å². The number of benzene rings is 2. The maximum absolute atomic E-state index is 13.4. The Morgan fingerprint density at radius 2 is 1.79 bits per heavy atom. The minimum absolute atomic E-state index is 0.125. The number of allylic oxidation sites excluding steroid dienone is 3. The first-order valence-corrected chi connectivity index (χ1v) is 10.6. The average Bonchev–Trinajstić information content (AvgIpc) is 2.69. The number of carbonyl (C=O) groups excluding carboxylic acids is 2. The Labute approximate surface area is 179 Å². The molecule has 0 aromatic heterocycles. The number of ketones is 1. The van der Waals surface area contributed by atoms with Gasteiger partial charge in [-0.1, -0.05) is 46.3 Å². The van der Waals surface area contributed by atoms with Crippen molar-refractivity contribution in [1.29, 1.82) is 0 Å². The Balaban J connectivity index is 1.79. The van der Waals surface area contributed by atoms with E-state index in [-0.39, 0.29) is 17.6 Å². The highest BCUT2D eigenvalue weighted by atomic mass is 79.9. The van der Waals surface area contributed by atoms with Crippen molar-refractivity contribution in [2.75, 3.05) is 5.32 Å². The lowest BCUT2D eigenvalue weighted by molar-refractivity contribution is -0.116. The Kier molecular flexibility index (Phi) is 5.41. The van der Waals surface area contributed by atoms with Gasteiger partial charge in [0.2, 0.25) is 0 Å². The number of carbonyl (C=O) groups is 2. The molecule has 0 bridgehead atoms. The number of hydrogen-bond donors (Lipinski definition) is 2. The number of aryl methyl sites for hydroxylation is 1. The number of nitrogens with one attached hydrogen (secondary N) is 2. The van der Waals surface area contributed by atoms with Crippen molar-refractivity contribution in [1.82, 2.24) is 5.32 Å². The van der Waals surface area contributed by atoms with Gasteiger partial charge in [-0.3, -0.25) is 9.59 Å². The van der Waals surface area contributed by atoms with E-state index in [0.29, 0.717) is 12.0 Å². The zero-order chi connectivity index (χ0) is 20.5. The number of Topliss-reactive ketones (excluding diaryl/α,β-unsaturated/α-hetero) is 1. The lowest BCUT2D eigenvalue weighted by Gasteiger charge is -2.34. The predicted molar refractivity (Wildman–Crippen MR) is 118 cm³/mol. The quantitative estimate of drug-likeness (QED) is 0.660. The van der Waals surface area contributed by atoms with E-state index in [1.165, 1.54) is 0 Å². The minimum atomic E-state index is -0.365. The summed E-state index contributed by atoms with van der Waals surface area (Å²) in [5.74, 6) is -0.418. The molecule has 4 nitrogen and oxygen atoms in total. The Morgan fingerprint density at radius 1 is 1.07 bits per heavy atom. The summed E-state index contributed by atoms with van der Waals surface area (Å²) in [6, 6.07) is 15.6. The first-order chi connectivity index (χ1) is 14.0. The summed E-state index contributed by atoms with van der Waals surface area (Å²) in [6.45, 7) is 3.88. The molecule has 0 spiro atoms. The summed E-state index contributed by atoms with van der Waals surface area (Å²) in [6.07, 6.45) is 2.20. The molecule has 1 aliphatic carbocycles. The van der Waals surface area contributed by atoms with E-state index in [0.717, 1.165) is 51.1 Å². The third-order valence-electron chi connectivity index (χ3n) is 5.62. The van der Waals surface area contributed by atoms with Crippen LogP contribution in [0.15, 0.2) is 75.5 Å². The number of dihydropyridines is 1. The fourth-order valence-electron chi connectivity index (χ4n) is 4.18. The Morgan fingerprint density at radius 3 is 2.52 bits per heavy atom. The van der Waals surface area contributed by atoms with Gasteiger partial charge in [-0.15, -0.1) is 0 Å². The van der Waals surface area contributed by atoms with Gasteiger partial charge >= 0.3 is 0 Å². The van der Waals surface area contributed by atoms with Crippen molar-refractivity contribution < 1.29 is 9.59 Å². The number of hydrogen-bond acceptors (Lipinski definition) is 3. The molecule has 1 atom stereocenters. The summed E-state index contributed by atoms with van der Waals surface area (Å²) >= 11 is 3.48. The molecular formula is C24H23BrN2O2. The second-order valence-corrected chi connectivity index (χ2v) is 8.50. The molecule has 0 radical (unpaired) electrons. The maximum atomic E-state index is 13.4. The third kappa shape index (κ3) is 3.79. The van der Waals surface area contributed by atoms with E-state index in [2.05, 4.69) is 26.6 Å². The molecule has 0 saturated heterocycles. The maximum Gasteiger partial charge on any atom is 0.254 e. The lowest BCUT2D eigenvalue weighted by Crippen LogP contribution is -2.35. The van der Waals surface area contributed by atoms with Crippen molar-refractivity contribution in [3.05, 3.63) is 86.7 Å². The number of halogens is 1. The van der Waals surface area contributed by atoms with Gasteiger partial charge in [0.25, 0.3) is 5.91 Å². The van der Waals surface area contributed by atoms with Gasteiger partial charge < -0.3 is 10.6 Å². The summed E-state index contributed by atoms with van der Waals surface area (Å²) in [7, 11) is 0. The van der Waals surface area contributed by atoms with Gasteiger partial charge in [0.05, 0.1) is 0 Å². The summed E-state index contributed by atoms with van der Waals surface area (Å²) < 4.78 is 0.964. The fraction of sp³-hybridized carbons (Fsp3) is 0.250. The van der Waals surface area contributed by atoms with Crippen molar-refractivity contribution in [2.45, 2.75) is 39.0 Å². The van der Waals surface area contributed by atoms with Crippen molar-refractivity contribution >= 4 is 33.3 Å². The molecule has 29 heavy (non-hydrogen) atoms. The van der Waals surface area contributed by atoms with E-state index in [9.17, 15) is 9.59 Å². The number of rotatable bonds is 3. The number of para-hydroxylation sites is 1. The van der Waals surface area contributed by atoms with E-state index in [1.807, 2.05) is 62.4 Å². The average molecular weight is 451 g/mol. The first-order valence-electron chi connectivity index (χ1n) is 9.82. The van der Waals surface area contributed by atoms with Crippen molar-refractivity contribution in [3.63, 3.8) is 0 Å². The molecule has 0 unspecified atom stereocenters. The molecular weight excluding hydrogens is 428 g/mol. The second-order valence-electron chi connectivity index (χ2n) is 7.59. The van der Waals surface area contributed by atoms with Crippen LogP contribution in [-0.4, -0.2) is 11.7 Å². The van der Waals surface area contributed by atoms with Crippen LogP contribution in [0.1, 0.15) is 43.2 Å². The highest BCUT2D eigenvalue weighted by Gasteiger charge is 2.38. The molecule has 1 heterocycles. The molecule has 1 amide bonds. The number of anilines is 1. The molecule has 0 fully saturated rings. The fourth-order valence-corrected chi connectivity index (χ4v) is 4.44. The molecule has 0 saturated carbocycles. The molecule has 2 aromatic carbocycles. The SMILES string of the molecule is CC1=C(C(=O)Nc2ccccc2C)[C@H](c2ccc(Br)cc2)C2=C(CCCC2=O)N1. The van der Waals surface area contributed by atoms with Gasteiger partial charge in [0.1, 0.15) is 0 Å². The van der Waals surface area contributed by atoms with Gasteiger partial charge in [-0.05, 0) is 56.0 Å². The molecule has 4 rings (SSSR count). The predicted octanol–water partition coefficient (Wildman–Crippen LogP) is 5.36. The Hall–Kier alpha value is -2.66. The second kappa shape index (κ2) is 7.99. The van der Waals surface area contributed by atoms with E-state index >= 15 is 0 Å². The third-order valence-corrected chi connectivity index (χ3v) is 6.15. The van der Waals surface area contributed by atoms with E-state index in [1.54, 1.807) is 0 Å².